The van der Waals surface area contributed by atoms with Crippen LogP contribution in [0.1, 0.15) is 5.76 Å². The number of anilines is 1. The Morgan fingerprint density at radius 2 is 1.91 bits per heavy atom. The van der Waals surface area contributed by atoms with Gasteiger partial charge in [0.15, 0.2) is 3.77 Å². The van der Waals surface area contributed by atoms with E-state index in [2.05, 4.69) is 0 Å². The SMILES string of the molecule is O=C1SC(=Cc2ccc(I)o2)C(=O)N1c1ccc(Cl)c(Cl)c1. The summed E-state index contributed by atoms with van der Waals surface area (Å²) >= 11 is 14.7. The molecule has 2 heterocycles. The predicted molar refractivity (Wildman–Crippen MR) is 96.3 cm³/mol. The van der Waals surface area contributed by atoms with Crippen LogP contribution >= 0.6 is 57.6 Å². The first-order valence-corrected chi connectivity index (χ1v) is 8.59. The van der Waals surface area contributed by atoms with Gasteiger partial charge in [0.2, 0.25) is 0 Å². The lowest BCUT2D eigenvalue weighted by Crippen LogP contribution is -2.27. The Bertz CT molecular complexity index is 818. The average Bonchev–Trinajstić information content (AvgIpc) is 2.98. The molecular weight excluding hydrogens is 460 g/mol. The summed E-state index contributed by atoms with van der Waals surface area (Å²) in [6.45, 7) is 0. The molecule has 0 aliphatic carbocycles. The molecule has 1 aliphatic heterocycles. The van der Waals surface area contributed by atoms with Crippen LogP contribution in [-0.4, -0.2) is 11.1 Å². The van der Waals surface area contributed by atoms with Gasteiger partial charge in [-0.1, -0.05) is 23.2 Å². The molecular formula is C14H6Cl2INO3S. The maximum absolute atomic E-state index is 12.4. The van der Waals surface area contributed by atoms with Crippen molar-refractivity contribution in [1.82, 2.24) is 0 Å². The fourth-order valence-corrected chi connectivity index (χ4v) is 3.40. The molecule has 0 bridgehead atoms. The predicted octanol–water partition coefficient (Wildman–Crippen LogP) is 5.43. The number of carbonyl (C=O) groups is 2. The molecule has 1 aliphatic rings. The Morgan fingerprint density at radius 3 is 2.55 bits per heavy atom. The molecule has 3 rings (SSSR count). The Hall–Kier alpha value is -0.960. The number of imide groups is 1. The smallest absolute Gasteiger partial charge is 0.298 e. The zero-order valence-electron chi connectivity index (χ0n) is 10.7. The normalized spacial score (nSPS) is 16.9. The molecule has 0 atom stereocenters. The third-order valence-corrected chi connectivity index (χ3v) is 5.01. The minimum absolute atomic E-state index is 0.280. The largest absolute Gasteiger partial charge is 0.451 e. The van der Waals surface area contributed by atoms with E-state index < -0.39 is 11.1 Å². The molecule has 0 saturated carbocycles. The zero-order valence-corrected chi connectivity index (χ0v) is 15.2. The van der Waals surface area contributed by atoms with Crippen LogP contribution in [0.15, 0.2) is 39.7 Å². The average molecular weight is 466 g/mol. The van der Waals surface area contributed by atoms with E-state index in [1.165, 1.54) is 6.07 Å². The third-order valence-electron chi connectivity index (χ3n) is 2.82. The topological polar surface area (TPSA) is 50.5 Å². The number of carbonyl (C=O) groups excluding carboxylic acids is 2. The first-order chi connectivity index (χ1) is 10.5. The fourth-order valence-electron chi connectivity index (χ4n) is 1.85. The van der Waals surface area contributed by atoms with Crippen molar-refractivity contribution in [2.24, 2.45) is 0 Å². The highest BCUT2D eigenvalue weighted by atomic mass is 127. The van der Waals surface area contributed by atoms with Crippen molar-refractivity contribution < 1.29 is 14.0 Å². The van der Waals surface area contributed by atoms with Gasteiger partial charge in [-0.25, -0.2) is 4.90 Å². The minimum Gasteiger partial charge on any atom is -0.451 e. The van der Waals surface area contributed by atoms with E-state index in [9.17, 15) is 9.59 Å². The summed E-state index contributed by atoms with van der Waals surface area (Å²) in [5, 5.41) is 0.247. The summed E-state index contributed by atoms with van der Waals surface area (Å²) < 4.78 is 6.08. The molecule has 0 N–H and O–H groups in total. The summed E-state index contributed by atoms with van der Waals surface area (Å²) in [7, 11) is 0. The molecule has 0 unspecified atom stereocenters. The second-order valence-electron chi connectivity index (χ2n) is 4.26. The first-order valence-electron chi connectivity index (χ1n) is 5.94. The van der Waals surface area contributed by atoms with Gasteiger partial charge in [-0.3, -0.25) is 9.59 Å². The van der Waals surface area contributed by atoms with Crippen LogP contribution in [0.5, 0.6) is 0 Å². The lowest BCUT2D eigenvalue weighted by atomic mass is 10.3. The van der Waals surface area contributed by atoms with Crippen molar-refractivity contribution in [2.45, 2.75) is 0 Å². The summed E-state index contributed by atoms with van der Waals surface area (Å²) in [5.74, 6) is 0.101. The van der Waals surface area contributed by atoms with Gasteiger partial charge < -0.3 is 4.42 Å². The van der Waals surface area contributed by atoms with Crippen LogP contribution in [0.2, 0.25) is 10.0 Å². The van der Waals surface area contributed by atoms with Crippen molar-refractivity contribution in [3.8, 4) is 0 Å². The van der Waals surface area contributed by atoms with Gasteiger partial charge in [-0.15, -0.1) is 0 Å². The van der Waals surface area contributed by atoms with Crippen LogP contribution < -0.4 is 4.90 Å². The molecule has 1 aromatic heterocycles. The number of rotatable bonds is 2. The summed E-state index contributed by atoms with van der Waals surface area (Å²) in [6, 6.07) is 8.11. The van der Waals surface area contributed by atoms with Crippen LogP contribution in [0.4, 0.5) is 10.5 Å². The Morgan fingerprint density at radius 1 is 1.14 bits per heavy atom. The van der Waals surface area contributed by atoms with Gasteiger partial charge in [0.1, 0.15) is 5.76 Å². The van der Waals surface area contributed by atoms with Crippen molar-refractivity contribution in [1.29, 1.82) is 0 Å². The van der Waals surface area contributed by atoms with Crippen LogP contribution in [0, 0.1) is 3.77 Å². The van der Waals surface area contributed by atoms with Crippen molar-refractivity contribution in [3.63, 3.8) is 0 Å². The number of halogens is 3. The van der Waals surface area contributed by atoms with E-state index in [1.54, 1.807) is 30.3 Å². The van der Waals surface area contributed by atoms with Crippen LogP contribution in [0.3, 0.4) is 0 Å². The Balaban J connectivity index is 1.94. The first kappa shape index (κ1) is 15.9. The number of thioether (sulfide) groups is 1. The lowest BCUT2D eigenvalue weighted by Gasteiger charge is -2.12. The third kappa shape index (κ3) is 3.05. The van der Waals surface area contributed by atoms with Crippen molar-refractivity contribution in [2.75, 3.05) is 4.90 Å². The fraction of sp³-hybridized carbons (Fsp3) is 0. The molecule has 2 aromatic rings. The van der Waals surface area contributed by atoms with Crippen molar-refractivity contribution >= 4 is 80.5 Å². The van der Waals surface area contributed by atoms with E-state index >= 15 is 0 Å². The molecule has 112 valence electrons. The molecule has 0 radical (unpaired) electrons. The van der Waals surface area contributed by atoms with E-state index in [0.717, 1.165) is 16.7 Å². The van der Waals surface area contributed by atoms with E-state index in [4.69, 9.17) is 27.6 Å². The second kappa shape index (κ2) is 6.27. The number of hydrogen-bond donors (Lipinski definition) is 0. The van der Waals surface area contributed by atoms with Crippen LogP contribution in [0.25, 0.3) is 6.08 Å². The molecule has 8 heteroatoms. The summed E-state index contributed by atoms with van der Waals surface area (Å²) in [5.41, 5.74) is 0.384. The van der Waals surface area contributed by atoms with Gasteiger partial charge in [0, 0.05) is 6.08 Å². The van der Waals surface area contributed by atoms with E-state index in [1.807, 2.05) is 22.6 Å². The highest BCUT2D eigenvalue weighted by molar-refractivity contribution is 14.1. The van der Waals surface area contributed by atoms with Gasteiger partial charge in [-0.05, 0) is 64.7 Å². The van der Waals surface area contributed by atoms with Gasteiger partial charge in [0.25, 0.3) is 11.1 Å². The lowest BCUT2D eigenvalue weighted by molar-refractivity contribution is -0.113. The highest BCUT2D eigenvalue weighted by Gasteiger charge is 2.36. The number of furan rings is 1. The molecule has 4 nitrogen and oxygen atoms in total. The number of benzene rings is 1. The van der Waals surface area contributed by atoms with Crippen molar-refractivity contribution in [3.05, 3.63) is 54.8 Å². The maximum atomic E-state index is 12.4. The number of amides is 2. The van der Waals surface area contributed by atoms with E-state index in [-0.39, 0.29) is 5.02 Å². The second-order valence-corrected chi connectivity index (χ2v) is 7.13. The molecule has 1 aromatic carbocycles. The summed E-state index contributed by atoms with van der Waals surface area (Å²) in [6.07, 6.45) is 1.55. The minimum atomic E-state index is -0.417. The van der Waals surface area contributed by atoms with Gasteiger partial charge in [-0.2, -0.15) is 0 Å². The molecule has 1 fully saturated rings. The monoisotopic (exact) mass is 465 g/mol. The van der Waals surface area contributed by atoms with Crippen LogP contribution in [-0.2, 0) is 4.79 Å². The number of nitrogens with zero attached hydrogens (tertiary/aromatic N) is 1. The highest BCUT2D eigenvalue weighted by Crippen LogP contribution is 2.37. The quantitative estimate of drug-likeness (QED) is 0.438. The van der Waals surface area contributed by atoms with Gasteiger partial charge >= 0.3 is 0 Å². The molecule has 2 amide bonds. The molecule has 0 spiro atoms. The van der Waals surface area contributed by atoms with E-state index in [0.29, 0.717) is 25.1 Å². The maximum Gasteiger partial charge on any atom is 0.298 e. The Labute approximate surface area is 153 Å². The zero-order chi connectivity index (χ0) is 15.9. The Kier molecular flexibility index (Phi) is 4.54. The molecule has 22 heavy (non-hydrogen) atoms. The number of hydrogen-bond acceptors (Lipinski definition) is 4. The van der Waals surface area contributed by atoms with Gasteiger partial charge in [0.05, 0.1) is 20.6 Å². The standard InChI is InChI=1S/C14H6Cl2INO3S/c15-9-3-1-7(5-10(9)16)18-13(19)11(22-14(18)20)6-8-2-4-12(17)21-8/h1-6H. The summed E-state index contributed by atoms with van der Waals surface area (Å²) in [4.78, 5) is 25.9. The molecule has 1 saturated heterocycles.